The Labute approximate surface area is 100 Å². The molecule has 2 rings (SSSR count). The van der Waals surface area contributed by atoms with Gasteiger partial charge in [0, 0.05) is 32.5 Å². The molecule has 1 aromatic heterocycles. The fraction of sp³-hybridized carbons (Fsp3) is 0.500. The normalized spacial score (nSPS) is 17.5. The minimum atomic E-state index is 0.516. The molecule has 0 aliphatic carbocycles. The monoisotopic (exact) mass is 235 g/mol. The Bertz CT molecular complexity index is 394. The van der Waals surface area contributed by atoms with Crippen LogP contribution in [0.25, 0.3) is 6.08 Å². The second kappa shape index (κ2) is 5.63. The number of aldehydes is 1. The van der Waals surface area contributed by atoms with E-state index in [9.17, 15) is 4.79 Å². The molecule has 0 bridgehead atoms. The lowest BCUT2D eigenvalue weighted by molar-refractivity contribution is 0.0560. The molecule has 2 heterocycles. The van der Waals surface area contributed by atoms with Gasteiger partial charge in [-0.1, -0.05) is 0 Å². The van der Waals surface area contributed by atoms with Gasteiger partial charge in [-0.25, -0.2) is 0 Å². The predicted molar refractivity (Wildman–Crippen MR) is 64.6 cm³/mol. The molecule has 1 fully saturated rings. The van der Waals surface area contributed by atoms with Crippen molar-refractivity contribution in [3.05, 3.63) is 23.7 Å². The summed E-state index contributed by atoms with van der Waals surface area (Å²) >= 11 is 0. The molecule has 0 unspecified atom stereocenters. The van der Waals surface area contributed by atoms with Gasteiger partial charge in [0.1, 0.15) is 0 Å². The van der Waals surface area contributed by atoms with Crippen molar-refractivity contribution in [1.29, 1.82) is 0 Å². The summed E-state index contributed by atoms with van der Waals surface area (Å²) in [6, 6.07) is 0.516. The molecular weight excluding hydrogens is 218 g/mol. The summed E-state index contributed by atoms with van der Waals surface area (Å²) in [5, 5.41) is 6.63. The van der Waals surface area contributed by atoms with Gasteiger partial charge in [-0.3, -0.25) is 9.89 Å². The van der Waals surface area contributed by atoms with E-state index in [1.807, 2.05) is 19.3 Å². The zero-order valence-corrected chi connectivity index (χ0v) is 9.93. The molecule has 1 aromatic rings. The van der Waals surface area contributed by atoms with Crippen LogP contribution in [0.3, 0.4) is 0 Å². The van der Waals surface area contributed by atoms with Crippen LogP contribution in [-0.2, 0) is 4.74 Å². The molecule has 0 saturated carbocycles. The zero-order chi connectivity index (χ0) is 12.1. The summed E-state index contributed by atoms with van der Waals surface area (Å²) in [7, 11) is 2.05. The average Bonchev–Trinajstić information content (AvgIpc) is 2.84. The number of carbonyl (C=O) groups is 1. The quantitative estimate of drug-likeness (QED) is 0.799. The van der Waals surface area contributed by atoms with E-state index in [0.29, 0.717) is 11.6 Å². The van der Waals surface area contributed by atoms with E-state index < -0.39 is 0 Å². The highest BCUT2D eigenvalue weighted by molar-refractivity contribution is 5.79. The molecule has 1 N–H and O–H groups in total. The minimum absolute atomic E-state index is 0.516. The Morgan fingerprint density at radius 3 is 3.00 bits per heavy atom. The summed E-state index contributed by atoms with van der Waals surface area (Å²) in [6.07, 6.45) is 8.29. The van der Waals surface area contributed by atoms with Crippen LogP contribution < -0.4 is 0 Å². The standard InChI is InChI=1S/C12H17N3O2/c1-15(11-3-6-17-7-4-11)5-2-12-10(9-16)8-13-14-12/h2,5,8-9,11H,3-4,6-7H2,1H3,(H,13,14)/b5-2-. The molecule has 0 amide bonds. The minimum Gasteiger partial charge on any atom is -0.381 e. The fourth-order valence-corrected chi connectivity index (χ4v) is 1.94. The number of nitrogens with zero attached hydrogens (tertiary/aromatic N) is 2. The molecule has 17 heavy (non-hydrogen) atoms. The summed E-state index contributed by atoms with van der Waals surface area (Å²) < 4.78 is 5.32. The zero-order valence-electron chi connectivity index (χ0n) is 9.93. The second-order valence-corrected chi connectivity index (χ2v) is 4.18. The number of aromatic amines is 1. The van der Waals surface area contributed by atoms with Crippen LogP contribution >= 0.6 is 0 Å². The van der Waals surface area contributed by atoms with Crippen LogP contribution in [0, 0.1) is 0 Å². The summed E-state index contributed by atoms with van der Waals surface area (Å²) in [6.45, 7) is 1.65. The Hall–Kier alpha value is -1.62. The van der Waals surface area contributed by atoms with Crippen molar-refractivity contribution in [3.8, 4) is 0 Å². The number of hydrogen-bond acceptors (Lipinski definition) is 4. The van der Waals surface area contributed by atoms with E-state index in [0.717, 1.165) is 38.0 Å². The lowest BCUT2D eigenvalue weighted by Gasteiger charge is -2.30. The van der Waals surface area contributed by atoms with Crippen molar-refractivity contribution in [2.24, 2.45) is 0 Å². The molecule has 92 valence electrons. The van der Waals surface area contributed by atoms with Gasteiger partial charge >= 0.3 is 0 Å². The largest absolute Gasteiger partial charge is 0.381 e. The van der Waals surface area contributed by atoms with Crippen LogP contribution in [-0.4, -0.2) is 47.7 Å². The van der Waals surface area contributed by atoms with Gasteiger partial charge in [-0.05, 0) is 18.9 Å². The third-order valence-corrected chi connectivity index (χ3v) is 3.07. The Morgan fingerprint density at radius 1 is 1.53 bits per heavy atom. The van der Waals surface area contributed by atoms with Gasteiger partial charge in [0.05, 0.1) is 17.5 Å². The molecule has 5 nitrogen and oxygen atoms in total. The van der Waals surface area contributed by atoms with Gasteiger partial charge in [0.25, 0.3) is 0 Å². The maximum absolute atomic E-state index is 10.7. The van der Waals surface area contributed by atoms with Crippen LogP contribution in [0.15, 0.2) is 12.4 Å². The highest BCUT2D eigenvalue weighted by atomic mass is 16.5. The Morgan fingerprint density at radius 2 is 2.29 bits per heavy atom. The van der Waals surface area contributed by atoms with E-state index in [4.69, 9.17) is 4.74 Å². The number of ether oxygens (including phenoxy) is 1. The van der Waals surface area contributed by atoms with Gasteiger partial charge < -0.3 is 9.64 Å². The van der Waals surface area contributed by atoms with E-state index in [-0.39, 0.29) is 0 Å². The third-order valence-electron chi connectivity index (χ3n) is 3.07. The van der Waals surface area contributed by atoms with Gasteiger partial charge in [-0.15, -0.1) is 0 Å². The number of H-pyrrole nitrogens is 1. The van der Waals surface area contributed by atoms with Gasteiger partial charge in [-0.2, -0.15) is 5.10 Å². The molecule has 1 aliphatic heterocycles. The fourth-order valence-electron chi connectivity index (χ4n) is 1.94. The van der Waals surface area contributed by atoms with Crippen LogP contribution in [0.1, 0.15) is 28.9 Å². The summed E-state index contributed by atoms with van der Waals surface area (Å²) in [4.78, 5) is 12.9. The lowest BCUT2D eigenvalue weighted by Crippen LogP contribution is -2.33. The van der Waals surface area contributed by atoms with E-state index >= 15 is 0 Å². The first-order chi connectivity index (χ1) is 8.31. The highest BCUT2D eigenvalue weighted by Gasteiger charge is 2.15. The molecule has 0 radical (unpaired) electrons. The van der Waals surface area contributed by atoms with Crippen LogP contribution in [0.2, 0.25) is 0 Å². The Kier molecular flexibility index (Phi) is 3.93. The van der Waals surface area contributed by atoms with Crippen molar-refractivity contribution in [2.75, 3.05) is 20.3 Å². The van der Waals surface area contributed by atoms with Crippen molar-refractivity contribution in [2.45, 2.75) is 18.9 Å². The number of aromatic nitrogens is 2. The highest BCUT2D eigenvalue weighted by Crippen LogP contribution is 2.14. The van der Waals surface area contributed by atoms with Gasteiger partial charge in [0.2, 0.25) is 0 Å². The topological polar surface area (TPSA) is 58.2 Å². The molecule has 5 heteroatoms. The number of carbonyl (C=O) groups excluding carboxylic acids is 1. The number of rotatable bonds is 4. The molecule has 0 aromatic carbocycles. The van der Waals surface area contributed by atoms with Gasteiger partial charge in [0.15, 0.2) is 6.29 Å². The van der Waals surface area contributed by atoms with Crippen molar-refractivity contribution >= 4 is 12.4 Å². The smallest absolute Gasteiger partial charge is 0.153 e. The lowest BCUT2D eigenvalue weighted by atomic mass is 10.1. The summed E-state index contributed by atoms with van der Waals surface area (Å²) in [5.74, 6) is 0. The number of nitrogens with one attached hydrogen (secondary N) is 1. The molecule has 1 aliphatic rings. The summed E-state index contributed by atoms with van der Waals surface area (Å²) in [5.41, 5.74) is 1.33. The average molecular weight is 235 g/mol. The van der Waals surface area contributed by atoms with Crippen molar-refractivity contribution in [1.82, 2.24) is 15.1 Å². The van der Waals surface area contributed by atoms with Crippen molar-refractivity contribution in [3.63, 3.8) is 0 Å². The van der Waals surface area contributed by atoms with E-state index in [1.165, 1.54) is 6.20 Å². The predicted octanol–water partition coefficient (Wildman–Crippen LogP) is 1.30. The second-order valence-electron chi connectivity index (χ2n) is 4.18. The first-order valence-electron chi connectivity index (χ1n) is 5.77. The first-order valence-corrected chi connectivity index (χ1v) is 5.77. The SMILES string of the molecule is CN(/C=C\c1[nH]ncc1C=O)C1CCOCC1. The maximum atomic E-state index is 10.7. The molecule has 0 spiro atoms. The molecular formula is C12H17N3O2. The number of hydrogen-bond donors (Lipinski definition) is 1. The molecule has 1 saturated heterocycles. The maximum Gasteiger partial charge on any atom is 0.153 e. The van der Waals surface area contributed by atoms with Crippen LogP contribution in [0.4, 0.5) is 0 Å². The molecule has 0 atom stereocenters. The van der Waals surface area contributed by atoms with Crippen molar-refractivity contribution < 1.29 is 9.53 Å². The van der Waals surface area contributed by atoms with E-state index in [2.05, 4.69) is 15.1 Å². The first kappa shape index (κ1) is 11.9. The third kappa shape index (κ3) is 2.94. The van der Waals surface area contributed by atoms with E-state index in [1.54, 1.807) is 0 Å². The Balaban J connectivity index is 1.97. The van der Waals surface area contributed by atoms with Crippen LogP contribution in [0.5, 0.6) is 0 Å².